The predicted molar refractivity (Wildman–Crippen MR) is 57.6 cm³/mol. The topological polar surface area (TPSA) is 13.1 Å². The van der Waals surface area contributed by atoms with Gasteiger partial charge in [-0.15, -0.1) is 0 Å². The van der Waals surface area contributed by atoms with E-state index in [4.69, 9.17) is 4.42 Å². The highest BCUT2D eigenvalue weighted by Crippen LogP contribution is 2.33. The summed E-state index contributed by atoms with van der Waals surface area (Å²) in [5, 5.41) is 1.18. The summed E-state index contributed by atoms with van der Waals surface area (Å²) in [7, 11) is 0. The van der Waals surface area contributed by atoms with Crippen molar-refractivity contribution in [1.29, 1.82) is 0 Å². The second-order valence-electron chi connectivity index (χ2n) is 3.63. The lowest BCUT2D eigenvalue weighted by Gasteiger charge is -1.88. The molecular weight excluding hydrogens is 172 g/mol. The third-order valence-electron chi connectivity index (χ3n) is 2.60. The summed E-state index contributed by atoms with van der Waals surface area (Å²) in [4.78, 5) is 0. The van der Waals surface area contributed by atoms with Crippen molar-refractivity contribution in [2.45, 2.75) is 6.92 Å². The average molecular weight is 182 g/mol. The van der Waals surface area contributed by atoms with Crippen molar-refractivity contribution in [2.24, 2.45) is 0 Å². The van der Waals surface area contributed by atoms with Crippen molar-refractivity contribution in [3.05, 3.63) is 48.2 Å². The SMILES string of the molecule is Cc1ccc2cc3ccoc3c-2cc1. The first-order valence-corrected chi connectivity index (χ1v) is 4.71. The first kappa shape index (κ1) is 7.63. The third kappa shape index (κ3) is 0.956. The Bertz CT molecular complexity index is 563. The molecule has 1 aromatic heterocycles. The van der Waals surface area contributed by atoms with Crippen LogP contribution in [-0.4, -0.2) is 0 Å². The van der Waals surface area contributed by atoms with Crippen molar-refractivity contribution in [3.63, 3.8) is 0 Å². The number of hydrogen-bond acceptors (Lipinski definition) is 1. The minimum Gasteiger partial charge on any atom is -0.464 e. The van der Waals surface area contributed by atoms with Crippen LogP contribution in [0.15, 0.2) is 47.1 Å². The summed E-state index contributed by atoms with van der Waals surface area (Å²) in [6.07, 6.45) is 1.74. The molecule has 1 nitrogen and oxygen atoms in total. The normalized spacial score (nSPS) is 11.2. The first-order valence-electron chi connectivity index (χ1n) is 4.71. The third-order valence-corrected chi connectivity index (χ3v) is 2.60. The molecular formula is C13H10O. The summed E-state index contributed by atoms with van der Waals surface area (Å²) in [5.74, 6) is 0. The molecule has 0 spiro atoms. The van der Waals surface area contributed by atoms with Crippen molar-refractivity contribution in [2.75, 3.05) is 0 Å². The van der Waals surface area contributed by atoms with E-state index in [-0.39, 0.29) is 0 Å². The molecule has 2 aliphatic carbocycles. The van der Waals surface area contributed by atoms with Crippen LogP contribution >= 0.6 is 0 Å². The molecule has 0 radical (unpaired) electrons. The maximum absolute atomic E-state index is 5.45. The minimum absolute atomic E-state index is 0.996. The standard InChI is InChI=1S/C13H10O/c1-9-2-4-10-8-11-6-7-14-13(11)12(10)5-3-9/h2-8H,1H3. The molecule has 0 atom stereocenters. The minimum atomic E-state index is 0.996. The number of hydrogen-bond donors (Lipinski definition) is 0. The van der Waals surface area contributed by atoms with Gasteiger partial charge in [-0.05, 0) is 24.6 Å². The summed E-state index contributed by atoms with van der Waals surface area (Å²) in [5.41, 5.74) is 4.70. The lowest BCUT2D eigenvalue weighted by Crippen LogP contribution is -1.63. The molecule has 2 aliphatic rings. The summed E-state index contributed by atoms with van der Waals surface area (Å²) >= 11 is 0. The van der Waals surface area contributed by atoms with Gasteiger partial charge in [0, 0.05) is 10.9 Å². The zero-order valence-corrected chi connectivity index (χ0v) is 7.95. The molecule has 0 fully saturated rings. The Morgan fingerprint density at radius 1 is 1.00 bits per heavy atom. The highest BCUT2D eigenvalue weighted by Gasteiger charge is 2.10. The van der Waals surface area contributed by atoms with Gasteiger partial charge in [-0.1, -0.05) is 29.8 Å². The molecule has 0 saturated heterocycles. The van der Waals surface area contributed by atoms with Crippen LogP contribution in [0.3, 0.4) is 0 Å². The van der Waals surface area contributed by atoms with Gasteiger partial charge in [0.25, 0.3) is 0 Å². The molecule has 3 rings (SSSR count). The van der Waals surface area contributed by atoms with Gasteiger partial charge in [0.15, 0.2) is 0 Å². The number of aryl methyl sites for hydroxylation is 1. The molecule has 0 unspecified atom stereocenters. The number of rotatable bonds is 0. The van der Waals surface area contributed by atoms with Gasteiger partial charge in [0.1, 0.15) is 5.58 Å². The van der Waals surface area contributed by atoms with Crippen LogP contribution in [0.4, 0.5) is 0 Å². The summed E-state index contributed by atoms with van der Waals surface area (Å²) in [6.45, 7) is 2.10. The van der Waals surface area contributed by atoms with Crippen LogP contribution < -0.4 is 0 Å². The fourth-order valence-corrected chi connectivity index (χ4v) is 1.83. The van der Waals surface area contributed by atoms with Crippen molar-refractivity contribution in [1.82, 2.24) is 0 Å². The van der Waals surface area contributed by atoms with E-state index in [2.05, 4.69) is 37.3 Å². The van der Waals surface area contributed by atoms with E-state index < -0.39 is 0 Å². The lowest BCUT2D eigenvalue weighted by molar-refractivity contribution is 0.617. The molecule has 0 amide bonds. The predicted octanol–water partition coefficient (Wildman–Crippen LogP) is 3.85. The van der Waals surface area contributed by atoms with E-state index in [1.807, 2.05) is 6.07 Å². The number of fused-ring (bicyclic) bond motifs is 3. The van der Waals surface area contributed by atoms with E-state index in [0.717, 1.165) is 5.58 Å². The van der Waals surface area contributed by atoms with E-state index in [1.165, 1.54) is 22.1 Å². The molecule has 1 aromatic rings. The van der Waals surface area contributed by atoms with Gasteiger partial charge >= 0.3 is 0 Å². The van der Waals surface area contributed by atoms with E-state index >= 15 is 0 Å². The highest BCUT2D eigenvalue weighted by molar-refractivity contribution is 5.98. The Hall–Kier alpha value is -1.76. The molecule has 1 heteroatoms. The fraction of sp³-hybridized carbons (Fsp3) is 0.0769. The zero-order chi connectivity index (χ0) is 9.54. The Labute approximate surface area is 82.3 Å². The monoisotopic (exact) mass is 182 g/mol. The maximum Gasteiger partial charge on any atom is 0.141 e. The van der Waals surface area contributed by atoms with E-state index in [9.17, 15) is 0 Å². The second kappa shape index (κ2) is 2.61. The molecule has 68 valence electrons. The molecule has 0 saturated carbocycles. The van der Waals surface area contributed by atoms with Gasteiger partial charge in [-0.3, -0.25) is 0 Å². The van der Waals surface area contributed by atoms with Crippen molar-refractivity contribution >= 4 is 11.0 Å². The Morgan fingerprint density at radius 3 is 2.79 bits per heavy atom. The smallest absolute Gasteiger partial charge is 0.141 e. The quantitative estimate of drug-likeness (QED) is 0.514. The maximum atomic E-state index is 5.45. The van der Waals surface area contributed by atoms with Crippen LogP contribution in [0, 0.1) is 6.92 Å². The Kier molecular flexibility index (Phi) is 1.42. The Morgan fingerprint density at radius 2 is 1.86 bits per heavy atom. The molecule has 0 N–H and O–H groups in total. The van der Waals surface area contributed by atoms with E-state index in [0.29, 0.717) is 0 Å². The van der Waals surface area contributed by atoms with Crippen LogP contribution in [-0.2, 0) is 0 Å². The molecule has 0 bridgehead atoms. The zero-order valence-electron chi connectivity index (χ0n) is 7.95. The largest absolute Gasteiger partial charge is 0.464 e. The highest BCUT2D eigenvalue weighted by atomic mass is 16.3. The van der Waals surface area contributed by atoms with Gasteiger partial charge in [0.2, 0.25) is 0 Å². The van der Waals surface area contributed by atoms with Crippen LogP contribution in [0.1, 0.15) is 5.56 Å². The molecule has 1 heterocycles. The summed E-state index contributed by atoms with van der Waals surface area (Å²) < 4.78 is 5.45. The fourth-order valence-electron chi connectivity index (χ4n) is 1.83. The van der Waals surface area contributed by atoms with Gasteiger partial charge in [-0.2, -0.15) is 0 Å². The molecule has 0 aliphatic heterocycles. The number of furan rings is 1. The van der Waals surface area contributed by atoms with Gasteiger partial charge in [-0.25, -0.2) is 0 Å². The van der Waals surface area contributed by atoms with Crippen molar-refractivity contribution in [3.8, 4) is 11.1 Å². The Balaban J connectivity index is 2.48. The van der Waals surface area contributed by atoms with Crippen LogP contribution in [0.5, 0.6) is 0 Å². The first-order chi connectivity index (χ1) is 6.84. The van der Waals surface area contributed by atoms with Crippen LogP contribution in [0.2, 0.25) is 0 Å². The summed E-state index contributed by atoms with van der Waals surface area (Å²) in [6, 6.07) is 12.7. The van der Waals surface area contributed by atoms with Crippen molar-refractivity contribution < 1.29 is 4.42 Å². The molecule has 0 aromatic carbocycles. The van der Waals surface area contributed by atoms with E-state index in [1.54, 1.807) is 6.26 Å². The van der Waals surface area contributed by atoms with Gasteiger partial charge in [0.05, 0.1) is 6.26 Å². The molecule has 14 heavy (non-hydrogen) atoms. The van der Waals surface area contributed by atoms with Crippen LogP contribution in [0.25, 0.3) is 22.1 Å². The second-order valence-corrected chi connectivity index (χ2v) is 3.63. The van der Waals surface area contributed by atoms with Gasteiger partial charge < -0.3 is 4.42 Å². The lowest BCUT2D eigenvalue weighted by atomic mass is 10.2. The average Bonchev–Trinajstić information content (AvgIpc) is 2.67.